The van der Waals surface area contributed by atoms with E-state index in [2.05, 4.69) is 20.6 Å². The van der Waals surface area contributed by atoms with Gasteiger partial charge >= 0.3 is 6.09 Å². The zero-order valence-electron chi connectivity index (χ0n) is 28.5. The fourth-order valence-corrected chi connectivity index (χ4v) is 9.24. The minimum Gasteiger partial charge on any atom is -0.453 e. The Morgan fingerprint density at radius 3 is 2.31 bits per heavy atom. The summed E-state index contributed by atoms with van der Waals surface area (Å²) < 4.78 is 35.2. The Labute approximate surface area is 306 Å². The van der Waals surface area contributed by atoms with Gasteiger partial charge in [-0.2, -0.15) is 4.31 Å². The van der Waals surface area contributed by atoms with E-state index in [0.29, 0.717) is 17.0 Å². The molecule has 5 rings (SSSR count). The molecule has 0 radical (unpaired) electrons. The first-order valence-corrected chi connectivity index (χ1v) is 19.7. The Kier molecular flexibility index (Phi) is 13.2. The van der Waals surface area contributed by atoms with Crippen LogP contribution in [0.4, 0.5) is 10.5 Å². The van der Waals surface area contributed by atoms with Gasteiger partial charge in [0, 0.05) is 29.3 Å². The number of amides is 2. The molecule has 2 atom stereocenters. The standard InChI is InChI=1S/C37H41N5O6S3/c1-25(2)17-19-42(51(46,47)29-14-15-30-33(20-29)50-24-39-30)28(22-43)23-49-32-16-18-38-21-31(32)40-36(44)35(41-37(45)48-3)34(26-10-6-4-7-11-26)27-12-8-5-9-13-27/h4-16,18,20-21,24-25,28,34-35,43H,17,19,22-23H2,1-3H3,(H,40,44)(H,41,45)/t28?,35-/m0/s1. The molecule has 5 aromatic rings. The summed E-state index contributed by atoms with van der Waals surface area (Å²) in [5, 5.41) is 16.3. The van der Waals surface area contributed by atoms with Gasteiger partial charge in [-0.3, -0.25) is 9.78 Å². The number of alkyl carbamates (subject to hydrolysis) is 1. The third kappa shape index (κ3) is 9.51. The fourth-order valence-electron chi connectivity index (χ4n) is 5.62. The summed E-state index contributed by atoms with van der Waals surface area (Å²) in [6.45, 7) is 3.84. The molecule has 0 fully saturated rings. The van der Waals surface area contributed by atoms with Crippen molar-refractivity contribution in [3.05, 3.63) is 114 Å². The van der Waals surface area contributed by atoms with Crippen LogP contribution in [-0.4, -0.2) is 77.9 Å². The highest BCUT2D eigenvalue weighted by molar-refractivity contribution is 7.99. The molecule has 3 N–H and O–H groups in total. The van der Waals surface area contributed by atoms with Gasteiger partial charge in [0.05, 0.1) is 52.3 Å². The molecule has 51 heavy (non-hydrogen) atoms. The number of ether oxygens (including phenoxy) is 1. The van der Waals surface area contributed by atoms with E-state index in [1.807, 2.05) is 74.5 Å². The number of aliphatic hydroxyl groups excluding tert-OH is 1. The lowest BCUT2D eigenvalue weighted by Crippen LogP contribution is -2.48. The maximum atomic E-state index is 14.2. The van der Waals surface area contributed by atoms with Gasteiger partial charge in [0.25, 0.3) is 0 Å². The third-order valence-electron chi connectivity index (χ3n) is 8.32. The normalized spacial score (nSPS) is 13.0. The van der Waals surface area contributed by atoms with Crippen LogP contribution in [0.2, 0.25) is 0 Å². The molecular formula is C37H41N5O6S3. The molecule has 14 heteroatoms. The predicted octanol–water partition coefficient (Wildman–Crippen LogP) is 6.38. The number of rotatable bonds is 16. The van der Waals surface area contributed by atoms with Crippen molar-refractivity contribution in [2.24, 2.45) is 5.92 Å². The van der Waals surface area contributed by atoms with Gasteiger partial charge in [0.2, 0.25) is 15.9 Å². The van der Waals surface area contributed by atoms with Crippen LogP contribution in [0, 0.1) is 5.92 Å². The number of nitrogens with zero attached hydrogens (tertiary/aromatic N) is 3. The van der Waals surface area contributed by atoms with E-state index in [0.717, 1.165) is 21.3 Å². The number of pyridine rings is 1. The molecule has 0 bridgehead atoms. The molecule has 0 saturated heterocycles. The van der Waals surface area contributed by atoms with Crippen molar-refractivity contribution < 1.29 is 27.9 Å². The van der Waals surface area contributed by atoms with E-state index < -0.39 is 46.6 Å². The van der Waals surface area contributed by atoms with E-state index >= 15 is 0 Å². The van der Waals surface area contributed by atoms with Crippen LogP contribution in [0.5, 0.6) is 0 Å². The maximum Gasteiger partial charge on any atom is 0.407 e. The molecule has 268 valence electrons. The van der Waals surface area contributed by atoms with Crippen molar-refractivity contribution in [1.29, 1.82) is 0 Å². The molecule has 0 aliphatic heterocycles. The van der Waals surface area contributed by atoms with Crippen molar-refractivity contribution in [3.63, 3.8) is 0 Å². The molecule has 1 unspecified atom stereocenters. The van der Waals surface area contributed by atoms with E-state index in [4.69, 9.17) is 4.74 Å². The number of carbonyl (C=O) groups is 2. The van der Waals surface area contributed by atoms with Crippen molar-refractivity contribution in [2.45, 2.75) is 48.1 Å². The van der Waals surface area contributed by atoms with Gasteiger partial charge in [0.1, 0.15) is 6.04 Å². The smallest absolute Gasteiger partial charge is 0.407 e. The van der Waals surface area contributed by atoms with E-state index in [1.165, 1.54) is 40.7 Å². The number of fused-ring (bicyclic) bond motifs is 1. The number of hydrogen-bond donors (Lipinski definition) is 3. The summed E-state index contributed by atoms with van der Waals surface area (Å²) >= 11 is 2.65. The first-order chi connectivity index (χ1) is 24.6. The van der Waals surface area contributed by atoms with Gasteiger partial charge < -0.3 is 20.5 Å². The molecule has 2 aromatic heterocycles. The number of anilines is 1. The van der Waals surface area contributed by atoms with Gasteiger partial charge in [-0.1, -0.05) is 74.5 Å². The molecule has 3 aromatic carbocycles. The lowest BCUT2D eigenvalue weighted by atomic mass is 9.84. The average molecular weight is 748 g/mol. The van der Waals surface area contributed by atoms with Crippen LogP contribution in [-0.2, 0) is 19.6 Å². The Balaban J connectivity index is 1.41. The monoisotopic (exact) mass is 747 g/mol. The first-order valence-electron chi connectivity index (χ1n) is 16.4. The fraction of sp³-hybridized carbons (Fsp3) is 0.297. The van der Waals surface area contributed by atoms with Gasteiger partial charge in [-0.15, -0.1) is 23.1 Å². The number of aliphatic hydroxyl groups is 1. The van der Waals surface area contributed by atoms with Crippen molar-refractivity contribution in [3.8, 4) is 0 Å². The number of hydrogen-bond acceptors (Lipinski definition) is 10. The molecule has 11 nitrogen and oxygen atoms in total. The molecule has 0 aliphatic rings. The summed E-state index contributed by atoms with van der Waals surface area (Å²) in [5.74, 6) is -0.666. The highest BCUT2D eigenvalue weighted by atomic mass is 32.2. The predicted molar refractivity (Wildman–Crippen MR) is 201 cm³/mol. The molecule has 0 spiro atoms. The summed E-state index contributed by atoms with van der Waals surface area (Å²) in [6.07, 6.45) is 2.90. The van der Waals surface area contributed by atoms with Gasteiger partial charge in [-0.05, 0) is 47.7 Å². The number of thiazole rings is 1. The number of benzene rings is 3. The van der Waals surface area contributed by atoms with Crippen LogP contribution in [0.3, 0.4) is 0 Å². The quantitative estimate of drug-likeness (QED) is 0.0978. The number of methoxy groups -OCH3 is 1. The molecule has 2 amide bonds. The molecule has 0 aliphatic carbocycles. The average Bonchev–Trinajstić information content (AvgIpc) is 3.62. The van der Waals surface area contributed by atoms with E-state index in [-0.39, 0.29) is 23.1 Å². The van der Waals surface area contributed by atoms with Crippen molar-refractivity contribution >= 4 is 61.0 Å². The second kappa shape index (κ2) is 17.7. The Morgan fingerprint density at radius 1 is 1.00 bits per heavy atom. The second-order valence-corrected chi connectivity index (χ2v) is 16.0. The largest absolute Gasteiger partial charge is 0.453 e. The lowest BCUT2D eigenvalue weighted by Gasteiger charge is -2.30. The molecule has 0 saturated carbocycles. The van der Waals surface area contributed by atoms with E-state index in [9.17, 15) is 23.1 Å². The SMILES string of the molecule is COC(=O)N[C@H](C(=O)Nc1cnccc1SCC(CO)N(CCC(C)C)S(=O)(=O)c1ccc2ncsc2c1)C(c1ccccc1)c1ccccc1. The lowest BCUT2D eigenvalue weighted by molar-refractivity contribution is -0.118. The maximum absolute atomic E-state index is 14.2. The van der Waals surface area contributed by atoms with Crippen molar-refractivity contribution in [1.82, 2.24) is 19.6 Å². The topological polar surface area (TPSA) is 151 Å². The minimum absolute atomic E-state index is 0.138. The second-order valence-electron chi connectivity index (χ2n) is 12.2. The van der Waals surface area contributed by atoms with Crippen LogP contribution in [0.1, 0.15) is 37.3 Å². The minimum atomic E-state index is -3.99. The number of nitrogens with one attached hydrogen (secondary N) is 2. The van der Waals surface area contributed by atoms with E-state index in [1.54, 1.807) is 36.0 Å². The summed E-state index contributed by atoms with van der Waals surface area (Å²) in [7, 11) is -2.76. The molecular weight excluding hydrogens is 707 g/mol. The summed E-state index contributed by atoms with van der Waals surface area (Å²) in [4.78, 5) is 36.0. The number of carbonyl (C=O) groups excluding carboxylic acids is 2. The Morgan fingerprint density at radius 2 is 1.69 bits per heavy atom. The zero-order valence-corrected chi connectivity index (χ0v) is 31.0. The summed E-state index contributed by atoms with van der Waals surface area (Å²) in [5.41, 5.74) is 4.38. The van der Waals surface area contributed by atoms with Gasteiger partial charge in [-0.25, -0.2) is 18.2 Å². The summed E-state index contributed by atoms with van der Waals surface area (Å²) in [6, 6.07) is 23.5. The number of thioether (sulfide) groups is 1. The number of aromatic nitrogens is 2. The Bertz CT molecular complexity index is 1970. The van der Waals surface area contributed by atoms with Crippen LogP contribution >= 0.6 is 23.1 Å². The van der Waals surface area contributed by atoms with Crippen LogP contribution in [0.15, 0.2) is 113 Å². The molecule has 2 heterocycles. The highest BCUT2D eigenvalue weighted by Crippen LogP contribution is 2.33. The Hall–Kier alpha value is -4.34. The van der Waals surface area contributed by atoms with Crippen LogP contribution in [0.25, 0.3) is 10.2 Å². The zero-order chi connectivity index (χ0) is 36.4. The van der Waals surface area contributed by atoms with Crippen LogP contribution < -0.4 is 10.6 Å². The van der Waals surface area contributed by atoms with Gasteiger partial charge in [0.15, 0.2) is 0 Å². The number of sulfonamides is 1. The first kappa shape index (κ1) is 37.9. The van der Waals surface area contributed by atoms with Crippen molar-refractivity contribution in [2.75, 3.05) is 31.3 Å². The third-order valence-corrected chi connectivity index (χ3v) is 12.3. The highest BCUT2D eigenvalue weighted by Gasteiger charge is 2.34.